The van der Waals surface area contributed by atoms with E-state index in [-0.39, 0.29) is 11.9 Å². The molecule has 0 saturated carbocycles. The van der Waals surface area contributed by atoms with Gasteiger partial charge in [-0.2, -0.15) is 5.26 Å². The van der Waals surface area contributed by atoms with Gasteiger partial charge in [-0.3, -0.25) is 4.79 Å². The minimum absolute atomic E-state index is 0.120. The molecule has 0 heterocycles. The summed E-state index contributed by atoms with van der Waals surface area (Å²) in [6, 6.07) is 6.93. The smallest absolute Gasteiger partial charge is 0.251 e. The third-order valence-corrected chi connectivity index (χ3v) is 2.97. The second-order valence-corrected chi connectivity index (χ2v) is 4.95. The maximum Gasteiger partial charge on any atom is 0.251 e. The van der Waals surface area contributed by atoms with E-state index in [9.17, 15) is 4.79 Å². The van der Waals surface area contributed by atoms with Crippen molar-refractivity contribution in [1.82, 2.24) is 5.32 Å². The van der Waals surface area contributed by atoms with Crippen LogP contribution in [0.5, 0.6) is 0 Å². The number of carbonyl (C=O) groups is 1. The van der Waals surface area contributed by atoms with Gasteiger partial charge in [0.15, 0.2) is 0 Å². The first-order valence-electron chi connectivity index (χ1n) is 5.20. The van der Waals surface area contributed by atoms with Gasteiger partial charge >= 0.3 is 0 Å². The molecule has 1 N–H and O–H groups in total. The number of nitrogens with zero attached hydrogens (tertiary/aromatic N) is 1. The third kappa shape index (κ3) is 4.37. The first kappa shape index (κ1) is 14.0. The molecule has 0 aliphatic carbocycles. The van der Waals surface area contributed by atoms with Gasteiger partial charge in [-0.1, -0.05) is 34.5 Å². The van der Waals surface area contributed by atoms with Crippen molar-refractivity contribution >= 4 is 33.4 Å². The normalized spacial score (nSPS) is 11.6. The predicted octanol–water partition coefficient (Wildman–Crippen LogP) is 3.52. The van der Waals surface area contributed by atoms with Crippen LogP contribution < -0.4 is 5.32 Å². The molecule has 1 amide bonds. The van der Waals surface area contributed by atoms with Crippen LogP contribution in [0.15, 0.2) is 22.7 Å². The Labute approximate surface area is 114 Å². The van der Waals surface area contributed by atoms with Crippen molar-refractivity contribution in [2.45, 2.75) is 25.8 Å². The zero-order valence-corrected chi connectivity index (χ0v) is 11.7. The van der Waals surface area contributed by atoms with Crippen molar-refractivity contribution in [3.63, 3.8) is 0 Å². The molecule has 1 unspecified atom stereocenters. The Kier molecular flexibility index (Phi) is 5.46. The molecule has 0 aliphatic rings. The van der Waals surface area contributed by atoms with Gasteiger partial charge < -0.3 is 5.32 Å². The Hall–Kier alpha value is -1.05. The number of rotatable bonds is 4. The zero-order chi connectivity index (χ0) is 12.8. The van der Waals surface area contributed by atoms with E-state index in [4.69, 9.17) is 16.9 Å². The van der Waals surface area contributed by atoms with Crippen LogP contribution in [-0.2, 0) is 0 Å². The van der Waals surface area contributed by atoms with Crippen molar-refractivity contribution in [2.24, 2.45) is 0 Å². The summed E-state index contributed by atoms with van der Waals surface area (Å²) in [5.41, 5.74) is 0.487. The van der Waals surface area contributed by atoms with E-state index in [0.717, 1.165) is 10.9 Å². The molecule has 0 spiro atoms. The fraction of sp³-hybridized carbons (Fsp3) is 0.333. The molecule has 0 fully saturated rings. The molecule has 1 rings (SSSR count). The highest BCUT2D eigenvalue weighted by Crippen LogP contribution is 2.19. The van der Waals surface area contributed by atoms with E-state index in [2.05, 4.69) is 21.2 Å². The number of carbonyl (C=O) groups excluding carboxylic acids is 1. The largest absolute Gasteiger partial charge is 0.348 e. The van der Waals surface area contributed by atoms with Crippen LogP contribution in [-0.4, -0.2) is 11.9 Å². The van der Waals surface area contributed by atoms with Crippen molar-refractivity contribution in [3.8, 4) is 6.07 Å². The van der Waals surface area contributed by atoms with E-state index >= 15 is 0 Å². The maximum absolute atomic E-state index is 11.9. The molecule has 0 bridgehead atoms. The van der Waals surface area contributed by atoms with E-state index in [1.165, 1.54) is 0 Å². The van der Waals surface area contributed by atoms with Crippen LogP contribution in [0.25, 0.3) is 0 Å². The Morgan fingerprint density at radius 2 is 2.29 bits per heavy atom. The van der Waals surface area contributed by atoms with Gasteiger partial charge in [0, 0.05) is 21.1 Å². The van der Waals surface area contributed by atoms with Crippen LogP contribution in [0.2, 0.25) is 5.02 Å². The highest BCUT2D eigenvalue weighted by Gasteiger charge is 2.12. The molecule has 0 radical (unpaired) electrons. The molecule has 1 aromatic rings. The van der Waals surface area contributed by atoms with Gasteiger partial charge in [-0.05, 0) is 24.6 Å². The number of nitrogens with one attached hydrogen (secondary N) is 1. The van der Waals surface area contributed by atoms with Crippen molar-refractivity contribution in [1.29, 1.82) is 5.26 Å². The van der Waals surface area contributed by atoms with Crippen LogP contribution >= 0.6 is 27.5 Å². The summed E-state index contributed by atoms with van der Waals surface area (Å²) >= 11 is 9.14. The topological polar surface area (TPSA) is 52.9 Å². The van der Waals surface area contributed by atoms with Gasteiger partial charge in [-0.15, -0.1) is 0 Å². The van der Waals surface area contributed by atoms with Gasteiger partial charge in [0.05, 0.1) is 12.5 Å². The lowest BCUT2D eigenvalue weighted by Gasteiger charge is -2.13. The predicted molar refractivity (Wildman–Crippen MR) is 70.9 cm³/mol. The summed E-state index contributed by atoms with van der Waals surface area (Å²) in [4.78, 5) is 11.9. The summed E-state index contributed by atoms with van der Waals surface area (Å²) in [6.07, 6.45) is 1.03. The van der Waals surface area contributed by atoms with E-state index < -0.39 is 0 Å². The molecule has 0 aromatic heterocycles. The second kappa shape index (κ2) is 6.63. The van der Waals surface area contributed by atoms with Crippen LogP contribution in [0.1, 0.15) is 30.1 Å². The quantitative estimate of drug-likeness (QED) is 0.924. The van der Waals surface area contributed by atoms with E-state index in [1.807, 2.05) is 13.0 Å². The lowest BCUT2D eigenvalue weighted by molar-refractivity contribution is 0.0936. The standard InChI is InChI=1S/C12H12BrClN2O/c1-2-11(3-4-15)16-12(17)8-5-9(13)7-10(14)6-8/h5-7,11H,2-3H2,1H3,(H,16,17). The summed E-state index contributed by atoms with van der Waals surface area (Å²) in [6.45, 7) is 1.93. The third-order valence-electron chi connectivity index (χ3n) is 2.29. The number of benzene rings is 1. The number of nitriles is 1. The molecule has 0 aliphatic heterocycles. The van der Waals surface area contributed by atoms with Crippen molar-refractivity contribution in [2.75, 3.05) is 0 Å². The average Bonchev–Trinajstić information content (AvgIpc) is 2.27. The fourth-order valence-electron chi connectivity index (χ4n) is 1.36. The number of hydrogen-bond donors (Lipinski definition) is 1. The van der Waals surface area contributed by atoms with E-state index in [0.29, 0.717) is 17.0 Å². The highest BCUT2D eigenvalue weighted by atomic mass is 79.9. The zero-order valence-electron chi connectivity index (χ0n) is 9.34. The van der Waals surface area contributed by atoms with Gasteiger partial charge in [-0.25, -0.2) is 0 Å². The monoisotopic (exact) mass is 314 g/mol. The molecule has 1 atom stereocenters. The molecule has 3 nitrogen and oxygen atoms in total. The minimum Gasteiger partial charge on any atom is -0.348 e. The van der Waals surface area contributed by atoms with E-state index in [1.54, 1.807) is 18.2 Å². The fourth-order valence-corrected chi connectivity index (χ4v) is 2.22. The molecular weight excluding hydrogens is 304 g/mol. The van der Waals surface area contributed by atoms with Crippen LogP contribution in [0.3, 0.4) is 0 Å². The first-order chi connectivity index (χ1) is 8.06. The molecule has 17 heavy (non-hydrogen) atoms. The number of amides is 1. The highest BCUT2D eigenvalue weighted by molar-refractivity contribution is 9.10. The van der Waals surface area contributed by atoms with Crippen LogP contribution in [0, 0.1) is 11.3 Å². The average molecular weight is 316 g/mol. The minimum atomic E-state index is -0.213. The second-order valence-electron chi connectivity index (χ2n) is 3.60. The molecular formula is C12H12BrClN2O. The lowest BCUT2D eigenvalue weighted by atomic mass is 10.1. The maximum atomic E-state index is 11.9. The summed E-state index contributed by atoms with van der Waals surface area (Å²) in [7, 11) is 0. The summed E-state index contributed by atoms with van der Waals surface area (Å²) in [5.74, 6) is -0.213. The van der Waals surface area contributed by atoms with Crippen molar-refractivity contribution in [3.05, 3.63) is 33.3 Å². The Bertz CT molecular complexity index is 436. The Balaban J connectivity index is 2.79. The number of halogens is 2. The molecule has 1 aromatic carbocycles. The number of hydrogen-bond acceptors (Lipinski definition) is 2. The lowest BCUT2D eigenvalue weighted by Crippen LogP contribution is -2.34. The molecule has 5 heteroatoms. The van der Waals surface area contributed by atoms with Gasteiger partial charge in [0.25, 0.3) is 5.91 Å². The Morgan fingerprint density at radius 3 is 2.82 bits per heavy atom. The van der Waals surface area contributed by atoms with Crippen molar-refractivity contribution < 1.29 is 4.79 Å². The van der Waals surface area contributed by atoms with Gasteiger partial charge in [0.1, 0.15) is 0 Å². The Morgan fingerprint density at radius 1 is 1.59 bits per heavy atom. The molecule has 90 valence electrons. The first-order valence-corrected chi connectivity index (χ1v) is 6.37. The summed E-state index contributed by atoms with van der Waals surface area (Å²) in [5, 5.41) is 11.9. The van der Waals surface area contributed by atoms with Crippen LogP contribution in [0.4, 0.5) is 0 Å². The SMILES string of the molecule is CCC(CC#N)NC(=O)c1cc(Cl)cc(Br)c1. The van der Waals surface area contributed by atoms with Gasteiger partial charge in [0.2, 0.25) is 0 Å². The molecule has 0 saturated heterocycles. The summed E-state index contributed by atoms with van der Waals surface area (Å²) < 4.78 is 0.753.